The summed E-state index contributed by atoms with van der Waals surface area (Å²) < 4.78 is 16.3. The molecule has 1 saturated heterocycles. The van der Waals surface area contributed by atoms with Crippen LogP contribution in [0, 0.1) is 0 Å². The maximum Gasteiger partial charge on any atom is 0.333 e. The van der Waals surface area contributed by atoms with Gasteiger partial charge in [-0.05, 0) is 41.2 Å². The highest BCUT2D eigenvalue weighted by Crippen LogP contribution is 2.47. The van der Waals surface area contributed by atoms with E-state index in [0.717, 1.165) is 0 Å². The highest BCUT2D eigenvalue weighted by Gasteiger charge is 2.58. The molecule has 0 spiro atoms. The van der Waals surface area contributed by atoms with E-state index in [2.05, 4.69) is 0 Å². The van der Waals surface area contributed by atoms with E-state index in [1.807, 2.05) is 9.80 Å². The molecule has 2 aliphatic carbocycles. The number of hydrogen-bond acceptors (Lipinski definition) is 11. The summed E-state index contributed by atoms with van der Waals surface area (Å²) in [6.07, 6.45) is 0.426. The average molecular weight is 567 g/mol. The summed E-state index contributed by atoms with van der Waals surface area (Å²) >= 11 is 0. The molecule has 3 heterocycles. The van der Waals surface area contributed by atoms with E-state index in [4.69, 9.17) is 14.2 Å². The number of carbonyl (C=O) groups excluding carboxylic acids is 5. The Morgan fingerprint density at radius 1 is 0.927 bits per heavy atom. The second-order valence-electron chi connectivity index (χ2n) is 11.0. The number of aliphatic hydroxyl groups excluding tert-OH is 1. The van der Waals surface area contributed by atoms with Crippen molar-refractivity contribution in [3.05, 3.63) is 56.6 Å². The first kappa shape index (κ1) is 28.8. The molecule has 0 unspecified atom stereocenters. The molecule has 0 aromatic rings. The maximum atomic E-state index is 13.8. The molecule has 218 valence electrons. The van der Waals surface area contributed by atoms with Gasteiger partial charge in [0.2, 0.25) is 11.6 Å². The van der Waals surface area contributed by atoms with Gasteiger partial charge in [0.05, 0.1) is 38.4 Å². The summed E-state index contributed by atoms with van der Waals surface area (Å²) in [7, 11) is 4.41. The standard InChI is InChI=1S/C30H34N2O9/c1-8-12(2)30(38)41-11-18-19-15(23(33)13(3)28(39-6)26(19)36)9-16-22-20-21(24(34)14(4)29(40-7)27(20)37)25(35)17(31(22)5)10-32(16)18/h8,16-18,22,25,35H,9-11H2,1-7H3/b12-8-/t16-,17+,18+,22+,25+/m1/s1. The van der Waals surface area contributed by atoms with Crippen LogP contribution in [-0.4, -0.2) is 109 Å². The van der Waals surface area contributed by atoms with Crippen LogP contribution in [0.2, 0.25) is 0 Å². The predicted octanol–water partition coefficient (Wildman–Crippen LogP) is 0.733. The molecule has 1 N–H and O–H groups in total. The minimum Gasteiger partial charge on any atom is -0.492 e. The molecule has 5 atom stereocenters. The normalized spacial score (nSPS) is 30.9. The highest BCUT2D eigenvalue weighted by atomic mass is 16.5. The monoisotopic (exact) mass is 566 g/mol. The first-order valence-electron chi connectivity index (χ1n) is 13.5. The Kier molecular flexibility index (Phi) is 7.25. The van der Waals surface area contributed by atoms with Crippen LogP contribution >= 0.6 is 0 Å². The molecule has 1 fully saturated rings. The van der Waals surface area contributed by atoms with E-state index in [9.17, 15) is 29.1 Å². The quantitative estimate of drug-likeness (QED) is 0.286. The van der Waals surface area contributed by atoms with Gasteiger partial charge in [0.25, 0.3) is 0 Å². The summed E-state index contributed by atoms with van der Waals surface area (Å²) in [5.41, 5.74) is 1.33. The number of hydrogen-bond donors (Lipinski definition) is 1. The number of carbonyl (C=O) groups is 5. The van der Waals surface area contributed by atoms with Crippen molar-refractivity contribution in [1.82, 2.24) is 9.80 Å². The largest absolute Gasteiger partial charge is 0.492 e. The second kappa shape index (κ2) is 10.3. The van der Waals surface area contributed by atoms with Gasteiger partial charge in [-0.3, -0.25) is 29.0 Å². The number of likely N-dealkylation sites (N-methyl/N-ethyl adjacent to an activating group) is 1. The molecule has 11 heteroatoms. The van der Waals surface area contributed by atoms with Gasteiger partial charge >= 0.3 is 5.97 Å². The lowest BCUT2D eigenvalue weighted by molar-refractivity contribution is -0.143. The molecule has 0 radical (unpaired) electrons. The molecule has 0 aromatic heterocycles. The fourth-order valence-electron chi connectivity index (χ4n) is 6.94. The lowest BCUT2D eigenvalue weighted by atomic mass is 9.68. The Labute approximate surface area is 237 Å². The van der Waals surface area contributed by atoms with Gasteiger partial charge in [-0.1, -0.05) is 6.08 Å². The number of methoxy groups -OCH3 is 2. The molecular weight excluding hydrogens is 532 g/mol. The molecule has 5 aliphatic rings. The van der Waals surface area contributed by atoms with Crippen LogP contribution < -0.4 is 0 Å². The summed E-state index contributed by atoms with van der Waals surface area (Å²) in [6.45, 7) is 6.29. The van der Waals surface area contributed by atoms with E-state index in [1.165, 1.54) is 28.1 Å². The molecule has 5 rings (SSSR count). The van der Waals surface area contributed by atoms with E-state index in [0.29, 0.717) is 5.57 Å². The van der Waals surface area contributed by atoms with E-state index >= 15 is 0 Å². The topological polar surface area (TPSA) is 140 Å². The summed E-state index contributed by atoms with van der Waals surface area (Å²) in [4.78, 5) is 71.0. The fraction of sp³-hybridized carbons (Fsp3) is 0.500. The maximum absolute atomic E-state index is 13.8. The number of allylic oxidation sites excluding steroid dienone is 5. The average Bonchev–Trinajstić information content (AvgIpc) is 2.95. The van der Waals surface area contributed by atoms with Gasteiger partial charge in [0.15, 0.2) is 23.1 Å². The number of esters is 1. The predicted molar refractivity (Wildman–Crippen MR) is 144 cm³/mol. The van der Waals surface area contributed by atoms with Gasteiger partial charge in [-0.15, -0.1) is 0 Å². The van der Waals surface area contributed by atoms with Crippen molar-refractivity contribution in [3.63, 3.8) is 0 Å². The van der Waals surface area contributed by atoms with Crippen LogP contribution in [0.15, 0.2) is 56.6 Å². The van der Waals surface area contributed by atoms with Crippen LogP contribution in [0.5, 0.6) is 0 Å². The lowest BCUT2D eigenvalue weighted by Gasteiger charge is -2.59. The zero-order valence-corrected chi connectivity index (χ0v) is 24.2. The van der Waals surface area contributed by atoms with Crippen molar-refractivity contribution in [2.45, 2.75) is 64.4 Å². The summed E-state index contributed by atoms with van der Waals surface area (Å²) in [6, 6.07) is -2.73. The van der Waals surface area contributed by atoms with Crippen LogP contribution in [0.3, 0.4) is 0 Å². The van der Waals surface area contributed by atoms with Crippen molar-refractivity contribution in [1.29, 1.82) is 0 Å². The number of aliphatic hydroxyl groups is 1. The summed E-state index contributed by atoms with van der Waals surface area (Å²) in [5.74, 6) is -2.47. The zero-order valence-electron chi connectivity index (χ0n) is 24.2. The van der Waals surface area contributed by atoms with Crippen molar-refractivity contribution < 1.29 is 43.3 Å². The van der Waals surface area contributed by atoms with Crippen molar-refractivity contribution >= 4 is 29.1 Å². The zero-order chi connectivity index (χ0) is 30.1. The van der Waals surface area contributed by atoms with E-state index < -0.39 is 53.6 Å². The van der Waals surface area contributed by atoms with Crippen molar-refractivity contribution in [3.8, 4) is 0 Å². The number of rotatable bonds is 5. The van der Waals surface area contributed by atoms with E-state index in [1.54, 1.807) is 27.0 Å². The lowest BCUT2D eigenvalue weighted by Crippen LogP contribution is -2.73. The SMILES string of the molecule is C/C=C(/C)C(=O)OC[C@H]1C2=C(C[C@@H]3[C@H]4C5=C(C(=O)C(C)=C(OC)C5=O)[C@@H](O)[C@H](CN31)N4C)C(=O)C(C)=C(OC)C2=O. The first-order valence-corrected chi connectivity index (χ1v) is 13.5. The first-order chi connectivity index (χ1) is 19.4. The molecule has 0 saturated carbocycles. The molecule has 0 amide bonds. The Balaban J connectivity index is 1.66. The number of nitrogens with zero attached hydrogens (tertiary/aromatic N) is 2. The molecular formula is C30H34N2O9. The Morgan fingerprint density at radius 3 is 2.10 bits per heavy atom. The highest BCUT2D eigenvalue weighted by molar-refractivity contribution is 6.26. The van der Waals surface area contributed by atoms with Crippen molar-refractivity contribution in [2.75, 3.05) is 34.4 Å². The van der Waals surface area contributed by atoms with Gasteiger partial charge in [0.1, 0.15) is 6.61 Å². The van der Waals surface area contributed by atoms with Gasteiger partial charge < -0.3 is 19.3 Å². The van der Waals surface area contributed by atoms with Crippen LogP contribution in [-0.2, 0) is 38.2 Å². The van der Waals surface area contributed by atoms with Gasteiger partial charge in [0, 0.05) is 51.6 Å². The number of ketones is 4. The Morgan fingerprint density at radius 2 is 1.51 bits per heavy atom. The van der Waals surface area contributed by atoms with Crippen LogP contribution in [0.25, 0.3) is 0 Å². The molecule has 11 nitrogen and oxygen atoms in total. The third-order valence-corrected chi connectivity index (χ3v) is 9.19. The van der Waals surface area contributed by atoms with Crippen molar-refractivity contribution in [2.24, 2.45) is 0 Å². The molecule has 3 aliphatic heterocycles. The Hall–Kier alpha value is -3.67. The Bertz CT molecular complexity index is 1460. The number of fused-ring (bicyclic) bond motifs is 5. The fourth-order valence-corrected chi connectivity index (χ4v) is 6.94. The third-order valence-electron chi connectivity index (χ3n) is 9.19. The minimum atomic E-state index is -1.29. The molecule has 0 aromatic carbocycles. The molecule has 41 heavy (non-hydrogen) atoms. The van der Waals surface area contributed by atoms with Gasteiger partial charge in [-0.25, -0.2) is 4.79 Å². The molecule has 2 bridgehead atoms. The minimum absolute atomic E-state index is 0.0521. The smallest absolute Gasteiger partial charge is 0.333 e. The van der Waals surface area contributed by atoms with Crippen LogP contribution in [0.4, 0.5) is 0 Å². The number of Topliss-reactive ketones (excluding diaryl/α,β-unsaturated/α-hetero) is 4. The van der Waals surface area contributed by atoms with E-state index in [-0.39, 0.29) is 70.3 Å². The number of ether oxygens (including phenoxy) is 3. The van der Waals surface area contributed by atoms with Crippen LogP contribution in [0.1, 0.15) is 34.1 Å². The summed E-state index contributed by atoms with van der Waals surface area (Å²) in [5, 5.41) is 11.5. The second-order valence-corrected chi connectivity index (χ2v) is 11.0. The third kappa shape index (κ3) is 4.01. The number of piperazine rings is 1. The van der Waals surface area contributed by atoms with Gasteiger partial charge in [-0.2, -0.15) is 0 Å².